The van der Waals surface area contributed by atoms with Gasteiger partial charge in [0.25, 0.3) is 0 Å². The Morgan fingerprint density at radius 1 is 1.58 bits per heavy atom. The van der Waals surface area contributed by atoms with E-state index in [2.05, 4.69) is 10.6 Å². The summed E-state index contributed by atoms with van der Waals surface area (Å²) in [6.45, 7) is 1.94. The molecule has 104 valence electrons. The van der Waals surface area contributed by atoms with E-state index in [0.717, 1.165) is 29.0 Å². The number of urea groups is 1. The highest BCUT2D eigenvalue weighted by Gasteiger charge is 2.25. The van der Waals surface area contributed by atoms with E-state index in [0.29, 0.717) is 6.42 Å². The van der Waals surface area contributed by atoms with Crippen molar-refractivity contribution >= 4 is 17.6 Å². The van der Waals surface area contributed by atoms with Crippen molar-refractivity contribution in [3.63, 3.8) is 0 Å². The Labute approximate surface area is 118 Å². The number of aliphatic hydroxyl groups excluding tert-OH is 1. The minimum atomic E-state index is -0.196. The second-order valence-electron chi connectivity index (χ2n) is 4.93. The molecule has 0 saturated carbocycles. The summed E-state index contributed by atoms with van der Waals surface area (Å²) in [5.41, 5.74) is 2.25. The van der Waals surface area contributed by atoms with Gasteiger partial charge in [-0.3, -0.25) is 0 Å². The quantitative estimate of drug-likeness (QED) is 0.794. The van der Waals surface area contributed by atoms with Gasteiger partial charge >= 0.3 is 6.03 Å². The summed E-state index contributed by atoms with van der Waals surface area (Å²) in [5, 5.41) is 15.4. The van der Waals surface area contributed by atoms with E-state index in [-0.39, 0.29) is 24.7 Å². The molecule has 0 saturated heterocycles. The van der Waals surface area contributed by atoms with Crippen molar-refractivity contribution < 1.29 is 9.90 Å². The number of fused-ring (bicyclic) bond motifs is 1. The molecule has 2 rings (SSSR count). The number of hydrogen-bond donors (Lipinski definition) is 3. The van der Waals surface area contributed by atoms with Crippen molar-refractivity contribution in [1.82, 2.24) is 10.6 Å². The fraction of sp³-hybridized carbons (Fsp3) is 0.500. The fourth-order valence-electron chi connectivity index (χ4n) is 2.45. The molecule has 1 aromatic rings. The minimum absolute atomic E-state index is 0.0232. The van der Waals surface area contributed by atoms with Gasteiger partial charge in [-0.1, -0.05) is 23.7 Å². The predicted octanol–water partition coefficient (Wildman–Crippen LogP) is 2.40. The summed E-state index contributed by atoms with van der Waals surface area (Å²) in [5.74, 6) is 0. The Morgan fingerprint density at radius 3 is 3.11 bits per heavy atom. The lowest BCUT2D eigenvalue weighted by Gasteiger charge is -2.18. The molecule has 1 unspecified atom stereocenters. The molecule has 5 heteroatoms. The summed E-state index contributed by atoms with van der Waals surface area (Å²) < 4.78 is 0. The highest BCUT2D eigenvalue weighted by molar-refractivity contribution is 6.31. The molecule has 0 radical (unpaired) electrons. The lowest BCUT2D eigenvalue weighted by molar-refractivity contribution is 0.227. The highest BCUT2D eigenvalue weighted by Crippen LogP contribution is 2.35. The fourth-order valence-corrected chi connectivity index (χ4v) is 2.73. The van der Waals surface area contributed by atoms with Gasteiger partial charge in [0.1, 0.15) is 0 Å². The van der Waals surface area contributed by atoms with Crippen molar-refractivity contribution in [2.75, 3.05) is 6.61 Å². The topological polar surface area (TPSA) is 61.4 Å². The van der Waals surface area contributed by atoms with E-state index in [1.165, 1.54) is 0 Å². The van der Waals surface area contributed by atoms with Crippen LogP contribution in [0.2, 0.25) is 5.02 Å². The van der Waals surface area contributed by atoms with Crippen LogP contribution in [-0.4, -0.2) is 23.8 Å². The van der Waals surface area contributed by atoms with Crippen LogP contribution in [-0.2, 0) is 6.42 Å². The van der Waals surface area contributed by atoms with Gasteiger partial charge in [-0.25, -0.2) is 4.79 Å². The van der Waals surface area contributed by atoms with Crippen LogP contribution in [0.5, 0.6) is 0 Å². The third-order valence-electron chi connectivity index (χ3n) is 3.46. The maximum atomic E-state index is 11.8. The van der Waals surface area contributed by atoms with Crippen LogP contribution in [0.1, 0.15) is 36.9 Å². The molecule has 1 aliphatic carbocycles. The average molecular weight is 283 g/mol. The molecule has 19 heavy (non-hydrogen) atoms. The summed E-state index contributed by atoms with van der Waals surface area (Å²) in [6, 6.07) is 5.59. The molecule has 0 spiro atoms. The molecule has 0 aromatic heterocycles. The number of rotatable bonds is 4. The lowest BCUT2D eigenvalue weighted by atomic mass is 10.1. The zero-order valence-electron chi connectivity index (χ0n) is 10.9. The summed E-state index contributed by atoms with van der Waals surface area (Å²) in [6.07, 6.45) is 2.33. The van der Waals surface area contributed by atoms with Crippen LogP contribution >= 0.6 is 11.6 Å². The minimum Gasteiger partial charge on any atom is -0.396 e. The average Bonchev–Trinajstić information content (AvgIpc) is 2.74. The zero-order chi connectivity index (χ0) is 13.8. The molecule has 0 aliphatic heterocycles. The number of hydrogen-bond acceptors (Lipinski definition) is 2. The van der Waals surface area contributed by atoms with Crippen molar-refractivity contribution in [1.29, 1.82) is 0 Å². The van der Waals surface area contributed by atoms with Crippen molar-refractivity contribution in [3.8, 4) is 0 Å². The van der Waals surface area contributed by atoms with E-state index in [9.17, 15) is 4.79 Å². The van der Waals surface area contributed by atoms with Crippen LogP contribution in [0, 0.1) is 0 Å². The largest absolute Gasteiger partial charge is 0.396 e. The summed E-state index contributed by atoms with van der Waals surface area (Å²) >= 11 is 6.14. The van der Waals surface area contributed by atoms with Crippen molar-refractivity contribution in [2.45, 2.75) is 38.3 Å². The molecule has 0 bridgehead atoms. The van der Waals surface area contributed by atoms with Gasteiger partial charge in [0, 0.05) is 17.7 Å². The van der Waals surface area contributed by atoms with Gasteiger partial charge in [-0.15, -0.1) is 0 Å². The van der Waals surface area contributed by atoms with Crippen LogP contribution in [0.15, 0.2) is 18.2 Å². The first-order chi connectivity index (χ1) is 9.11. The molecule has 2 atom stereocenters. The number of benzene rings is 1. The third kappa shape index (κ3) is 3.39. The maximum Gasteiger partial charge on any atom is 0.315 e. The van der Waals surface area contributed by atoms with E-state index in [4.69, 9.17) is 16.7 Å². The van der Waals surface area contributed by atoms with E-state index in [1.54, 1.807) is 0 Å². The van der Waals surface area contributed by atoms with Gasteiger partial charge in [-0.2, -0.15) is 0 Å². The van der Waals surface area contributed by atoms with Crippen molar-refractivity contribution in [3.05, 3.63) is 34.3 Å². The van der Waals surface area contributed by atoms with E-state index >= 15 is 0 Å². The van der Waals surface area contributed by atoms with Gasteiger partial charge in [0.2, 0.25) is 0 Å². The first kappa shape index (κ1) is 14.2. The Morgan fingerprint density at radius 2 is 2.37 bits per heavy atom. The SMILES string of the molecule is C[C@H](CCO)NC(=O)NC1CCc2c(Cl)cccc21. The molecule has 0 heterocycles. The van der Waals surface area contributed by atoms with E-state index < -0.39 is 0 Å². The van der Waals surface area contributed by atoms with Crippen LogP contribution in [0.25, 0.3) is 0 Å². The lowest BCUT2D eigenvalue weighted by Crippen LogP contribution is -2.42. The first-order valence-corrected chi connectivity index (χ1v) is 6.94. The van der Waals surface area contributed by atoms with Gasteiger partial charge in [0.15, 0.2) is 0 Å². The van der Waals surface area contributed by atoms with Gasteiger partial charge < -0.3 is 15.7 Å². The number of carbonyl (C=O) groups is 1. The van der Waals surface area contributed by atoms with E-state index in [1.807, 2.05) is 25.1 Å². The van der Waals surface area contributed by atoms with Crippen LogP contribution in [0.4, 0.5) is 4.79 Å². The summed E-state index contributed by atoms with van der Waals surface area (Å²) in [4.78, 5) is 11.8. The number of carbonyl (C=O) groups excluding carboxylic acids is 1. The molecule has 1 aromatic carbocycles. The Kier molecular flexibility index (Phi) is 4.66. The van der Waals surface area contributed by atoms with Gasteiger partial charge in [0.05, 0.1) is 6.04 Å². The second-order valence-corrected chi connectivity index (χ2v) is 5.34. The first-order valence-electron chi connectivity index (χ1n) is 6.57. The molecule has 1 aliphatic rings. The standard InChI is InChI=1S/C14H19ClN2O2/c1-9(7-8-18)16-14(19)17-13-6-5-10-11(13)3-2-4-12(10)15/h2-4,9,13,18H,5-8H2,1H3,(H2,16,17,19)/t9-,13?/m1/s1. The van der Waals surface area contributed by atoms with Crippen molar-refractivity contribution in [2.24, 2.45) is 0 Å². The number of halogens is 1. The predicted molar refractivity (Wildman–Crippen MR) is 75.3 cm³/mol. The number of nitrogens with one attached hydrogen (secondary N) is 2. The van der Waals surface area contributed by atoms with Crippen LogP contribution < -0.4 is 10.6 Å². The van der Waals surface area contributed by atoms with Crippen LogP contribution in [0.3, 0.4) is 0 Å². The molecule has 4 nitrogen and oxygen atoms in total. The molecular weight excluding hydrogens is 264 g/mol. The number of amides is 2. The third-order valence-corrected chi connectivity index (χ3v) is 3.81. The highest BCUT2D eigenvalue weighted by atomic mass is 35.5. The molecule has 3 N–H and O–H groups in total. The molecular formula is C14H19ClN2O2. The smallest absolute Gasteiger partial charge is 0.315 e. The zero-order valence-corrected chi connectivity index (χ0v) is 11.7. The Hall–Kier alpha value is -1.26. The molecule has 0 fully saturated rings. The maximum absolute atomic E-state index is 11.8. The summed E-state index contributed by atoms with van der Waals surface area (Å²) in [7, 11) is 0. The Bertz CT molecular complexity index is 465. The molecule has 2 amide bonds. The normalized spacial score (nSPS) is 18.8. The number of aliphatic hydroxyl groups is 1. The Balaban J connectivity index is 1.96. The monoisotopic (exact) mass is 282 g/mol. The second kappa shape index (κ2) is 6.26. The van der Waals surface area contributed by atoms with Gasteiger partial charge in [-0.05, 0) is 43.4 Å².